The van der Waals surface area contributed by atoms with Gasteiger partial charge in [-0.05, 0) is 12.5 Å². The second kappa shape index (κ2) is 3.91. The number of aromatic amines is 1. The molecule has 0 aliphatic rings. The van der Waals surface area contributed by atoms with Gasteiger partial charge in [-0.1, -0.05) is 29.8 Å². The minimum absolute atomic E-state index is 0.700. The van der Waals surface area contributed by atoms with Crippen LogP contribution in [0.3, 0.4) is 0 Å². The van der Waals surface area contributed by atoms with E-state index in [1.807, 2.05) is 6.07 Å². The van der Waals surface area contributed by atoms with E-state index in [0.717, 1.165) is 6.54 Å². The van der Waals surface area contributed by atoms with Crippen LogP contribution in [0, 0.1) is 6.92 Å². The molecule has 0 saturated carbocycles. The van der Waals surface area contributed by atoms with Gasteiger partial charge in [-0.3, -0.25) is 0 Å². The molecule has 4 heteroatoms. The van der Waals surface area contributed by atoms with Crippen molar-refractivity contribution in [1.29, 1.82) is 0 Å². The Morgan fingerprint density at radius 2 is 2.36 bits per heavy atom. The third-order valence-corrected chi connectivity index (χ3v) is 1.96. The van der Waals surface area contributed by atoms with Crippen molar-refractivity contribution in [2.24, 2.45) is 0 Å². The van der Waals surface area contributed by atoms with Gasteiger partial charge in [-0.15, -0.1) is 0 Å². The smallest absolute Gasteiger partial charge is 0.218 e. The molecule has 0 aliphatic heterocycles. The van der Waals surface area contributed by atoms with Gasteiger partial charge >= 0.3 is 0 Å². The van der Waals surface area contributed by atoms with Crippen LogP contribution in [0.25, 0.3) is 0 Å². The van der Waals surface area contributed by atoms with Crippen molar-refractivity contribution in [1.82, 2.24) is 15.2 Å². The molecule has 72 valence electrons. The zero-order chi connectivity index (χ0) is 9.80. The number of aromatic nitrogens is 3. The SMILES string of the molecule is Cc1cccc(CNc2ncn[nH]2)c1. The Bertz CT molecular complexity index is 394. The molecule has 2 aromatic rings. The number of benzene rings is 1. The Balaban J connectivity index is 1.98. The number of hydrogen-bond donors (Lipinski definition) is 2. The van der Waals surface area contributed by atoms with E-state index in [0.29, 0.717) is 5.95 Å². The molecule has 4 nitrogen and oxygen atoms in total. The first-order chi connectivity index (χ1) is 6.84. The van der Waals surface area contributed by atoms with Crippen molar-refractivity contribution in [3.05, 3.63) is 41.7 Å². The largest absolute Gasteiger partial charge is 0.351 e. The average Bonchev–Trinajstić information content (AvgIpc) is 2.67. The van der Waals surface area contributed by atoms with Gasteiger partial charge in [-0.25, -0.2) is 10.1 Å². The Morgan fingerprint density at radius 3 is 3.07 bits per heavy atom. The summed E-state index contributed by atoms with van der Waals surface area (Å²) in [6, 6.07) is 8.35. The number of aryl methyl sites for hydroxylation is 1. The van der Waals surface area contributed by atoms with Crippen LogP contribution in [0.1, 0.15) is 11.1 Å². The van der Waals surface area contributed by atoms with Gasteiger partial charge in [-0.2, -0.15) is 5.10 Å². The lowest BCUT2D eigenvalue weighted by atomic mass is 10.1. The number of rotatable bonds is 3. The van der Waals surface area contributed by atoms with Gasteiger partial charge < -0.3 is 5.32 Å². The molecule has 0 aliphatic carbocycles. The van der Waals surface area contributed by atoms with Crippen LogP contribution in [0.5, 0.6) is 0 Å². The van der Waals surface area contributed by atoms with E-state index in [9.17, 15) is 0 Å². The molecule has 0 unspecified atom stereocenters. The third kappa shape index (κ3) is 2.10. The molecule has 1 heterocycles. The molecule has 0 fully saturated rings. The highest BCUT2D eigenvalue weighted by atomic mass is 15.3. The van der Waals surface area contributed by atoms with Gasteiger partial charge in [0.1, 0.15) is 6.33 Å². The minimum atomic E-state index is 0.700. The lowest BCUT2D eigenvalue weighted by Crippen LogP contribution is -2.00. The van der Waals surface area contributed by atoms with Crippen LogP contribution in [0.15, 0.2) is 30.6 Å². The molecule has 0 bridgehead atoms. The lowest BCUT2D eigenvalue weighted by molar-refractivity contribution is 1.04. The number of H-pyrrole nitrogens is 1. The highest BCUT2D eigenvalue weighted by Gasteiger charge is 1.95. The Kier molecular flexibility index (Phi) is 2.44. The summed E-state index contributed by atoms with van der Waals surface area (Å²) < 4.78 is 0. The predicted molar refractivity (Wildman–Crippen MR) is 54.9 cm³/mol. The molecular weight excluding hydrogens is 176 g/mol. The molecule has 0 atom stereocenters. The van der Waals surface area contributed by atoms with Crippen molar-refractivity contribution < 1.29 is 0 Å². The third-order valence-electron chi connectivity index (χ3n) is 1.96. The topological polar surface area (TPSA) is 53.6 Å². The summed E-state index contributed by atoms with van der Waals surface area (Å²) in [6.45, 7) is 2.84. The molecule has 1 aromatic carbocycles. The Hall–Kier alpha value is -1.84. The van der Waals surface area contributed by atoms with Crippen molar-refractivity contribution in [2.75, 3.05) is 5.32 Å². The van der Waals surface area contributed by atoms with Crippen LogP contribution in [-0.4, -0.2) is 15.2 Å². The number of hydrogen-bond acceptors (Lipinski definition) is 3. The molecule has 0 amide bonds. The maximum atomic E-state index is 3.98. The highest BCUT2D eigenvalue weighted by molar-refractivity contribution is 5.28. The van der Waals surface area contributed by atoms with Gasteiger partial charge in [0.25, 0.3) is 0 Å². The second-order valence-corrected chi connectivity index (χ2v) is 3.18. The van der Waals surface area contributed by atoms with Gasteiger partial charge in [0.2, 0.25) is 5.95 Å². The summed E-state index contributed by atoms with van der Waals surface area (Å²) in [5.41, 5.74) is 2.50. The highest BCUT2D eigenvalue weighted by Crippen LogP contribution is 2.05. The Morgan fingerprint density at radius 1 is 1.43 bits per heavy atom. The predicted octanol–water partition coefficient (Wildman–Crippen LogP) is 1.73. The minimum Gasteiger partial charge on any atom is -0.351 e. The van der Waals surface area contributed by atoms with E-state index in [2.05, 4.69) is 45.6 Å². The molecule has 14 heavy (non-hydrogen) atoms. The summed E-state index contributed by atoms with van der Waals surface area (Å²) in [4.78, 5) is 3.98. The molecule has 0 radical (unpaired) electrons. The molecular formula is C10H12N4. The second-order valence-electron chi connectivity index (χ2n) is 3.18. The fourth-order valence-electron chi connectivity index (χ4n) is 1.30. The fourth-order valence-corrected chi connectivity index (χ4v) is 1.30. The maximum absolute atomic E-state index is 3.98. The summed E-state index contributed by atoms with van der Waals surface area (Å²) in [5.74, 6) is 0.700. The van der Waals surface area contributed by atoms with Crippen LogP contribution < -0.4 is 5.32 Å². The van der Waals surface area contributed by atoms with Gasteiger partial charge in [0.15, 0.2) is 0 Å². The molecule has 2 rings (SSSR count). The molecule has 0 spiro atoms. The normalized spacial score (nSPS) is 10.1. The van der Waals surface area contributed by atoms with E-state index in [1.54, 1.807) is 0 Å². The summed E-state index contributed by atoms with van der Waals surface area (Å²) in [6.07, 6.45) is 1.48. The zero-order valence-electron chi connectivity index (χ0n) is 7.99. The summed E-state index contributed by atoms with van der Waals surface area (Å²) >= 11 is 0. The monoisotopic (exact) mass is 188 g/mol. The summed E-state index contributed by atoms with van der Waals surface area (Å²) in [7, 11) is 0. The van der Waals surface area contributed by atoms with Gasteiger partial charge in [0.05, 0.1) is 0 Å². The van der Waals surface area contributed by atoms with E-state index in [-0.39, 0.29) is 0 Å². The number of nitrogens with one attached hydrogen (secondary N) is 2. The van der Waals surface area contributed by atoms with Crippen molar-refractivity contribution in [3.63, 3.8) is 0 Å². The zero-order valence-corrected chi connectivity index (χ0v) is 7.99. The van der Waals surface area contributed by atoms with Crippen LogP contribution in [0.4, 0.5) is 5.95 Å². The van der Waals surface area contributed by atoms with E-state index >= 15 is 0 Å². The van der Waals surface area contributed by atoms with E-state index in [4.69, 9.17) is 0 Å². The quantitative estimate of drug-likeness (QED) is 0.771. The van der Waals surface area contributed by atoms with Crippen LogP contribution in [0.2, 0.25) is 0 Å². The first kappa shape index (κ1) is 8.74. The van der Waals surface area contributed by atoms with Crippen molar-refractivity contribution in [2.45, 2.75) is 13.5 Å². The Labute approximate surface area is 82.4 Å². The van der Waals surface area contributed by atoms with Crippen LogP contribution in [-0.2, 0) is 6.54 Å². The average molecular weight is 188 g/mol. The fraction of sp³-hybridized carbons (Fsp3) is 0.200. The molecule has 2 N–H and O–H groups in total. The molecule has 1 aromatic heterocycles. The maximum Gasteiger partial charge on any atom is 0.218 e. The first-order valence-electron chi connectivity index (χ1n) is 4.49. The first-order valence-corrected chi connectivity index (χ1v) is 4.49. The summed E-state index contributed by atoms with van der Waals surface area (Å²) in [5, 5.41) is 9.64. The van der Waals surface area contributed by atoms with Crippen LogP contribution >= 0.6 is 0 Å². The number of nitrogens with zero attached hydrogens (tertiary/aromatic N) is 2. The van der Waals surface area contributed by atoms with E-state index < -0.39 is 0 Å². The standard InChI is InChI=1S/C10H12N4/c1-8-3-2-4-9(5-8)6-11-10-12-7-13-14-10/h2-5,7H,6H2,1H3,(H2,11,12,13,14). The molecule has 0 saturated heterocycles. The van der Waals surface area contributed by atoms with Gasteiger partial charge in [0, 0.05) is 6.54 Å². The van der Waals surface area contributed by atoms with E-state index in [1.165, 1.54) is 17.5 Å². The van der Waals surface area contributed by atoms with Crippen molar-refractivity contribution in [3.8, 4) is 0 Å². The lowest BCUT2D eigenvalue weighted by Gasteiger charge is -2.03. The van der Waals surface area contributed by atoms with Crippen molar-refractivity contribution >= 4 is 5.95 Å². The number of anilines is 1.